The third-order valence-electron chi connectivity index (χ3n) is 3.05. The third kappa shape index (κ3) is 5.19. The first-order valence-corrected chi connectivity index (χ1v) is 7.73. The van der Waals surface area contributed by atoms with Gasteiger partial charge in [0.25, 0.3) is 0 Å². The van der Waals surface area contributed by atoms with Crippen molar-refractivity contribution < 1.29 is 13.9 Å². The summed E-state index contributed by atoms with van der Waals surface area (Å²) in [5.41, 5.74) is 0.683. The molecule has 0 radical (unpaired) electrons. The number of ether oxygens (including phenoxy) is 2. The molecule has 0 unspecified atom stereocenters. The van der Waals surface area contributed by atoms with Crippen LogP contribution in [0.4, 0.5) is 4.39 Å². The minimum atomic E-state index is -0.487. The summed E-state index contributed by atoms with van der Waals surface area (Å²) in [5, 5.41) is 0.338. The Morgan fingerprint density at radius 2 is 2.00 bits per heavy atom. The van der Waals surface area contributed by atoms with Gasteiger partial charge in [-0.3, -0.25) is 0 Å². The van der Waals surface area contributed by atoms with Crippen LogP contribution in [0.25, 0.3) is 0 Å². The van der Waals surface area contributed by atoms with Crippen LogP contribution in [0, 0.1) is 5.82 Å². The summed E-state index contributed by atoms with van der Waals surface area (Å²) in [6, 6.07) is 9.77. The van der Waals surface area contributed by atoms with Crippen molar-refractivity contribution in [2.75, 3.05) is 6.61 Å². The lowest BCUT2D eigenvalue weighted by Gasteiger charge is -2.09. The van der Waals surface area contributed by atoms with Crippen molar-refractivity contribution in [2.45, 2.75) is 32.8 Å². The minimum Gasteiger partial charge on any atom is -0.484 e. The van der Waals surface area contributed by atoms with Gasteiger partial charge >= 0.3 is 0 Å². The molecule has 0 N–H and O–H groups in total. The summed E-state index contributed by atoms with van der Waals surface area (Å²) in [5.74, 6) is 0.230. The molecule has 0 atom stereocenters. The molecule has 0 aliphatic carbocycles. The van der Waals surface area contributed by atoms with E-state index in [2.05, 4.69) is 11.9 Å². The first-order chi connectivity index (χ1) is 10.7. The zero-order chi connectivity index (χ0) is 15.8. The van der Waals surface area contributed by atoms with Gasteiger partial charge in [0.15, 0.2) is 11.6 Å². The number of rotatable bonds is 8. The topological polar surface area (TPSA) is 31.4 Å². The predicted octanol–water partition coefficient (Wildman–Crippen LogP) is 5.02. The van der Waals surface area contributed by atoms with Crippen LogP contribution in [0.3, 0.4) is 0 Å². The van der Waals surface area contributed by atoms with Gasteiger partial charge < -0.3 is 9.47 Å². The Labute approximate surface area is 135 Å². The lowest BCUT2D eigenvalue weighted by atomic mass is 10.3. The average Bonchev–Trinajstić information content (AvgIpc) is 2.51. The van der Waals surface area contributed by atoms with Gasteiger partial charge in [0.05, 0.1) is 12.3 Å². The number of halogens is 2. The number of aromatic nitrogens is 1. The smallest absolute Gasteiger partial charge is 0.213 e. The van der Waals surface area contributed by atoms with Gasteiger partial charge in [-0.05, 0) is 30.7 Å². The largest absolute Gasteiger partial charge is 0.484 e. The molecule has 2 aromatic rings. The Hall–Kier alpha value is -1.81. The van der Waals surface area contributed by atoms with Gasteiger partial charge in [-0.15, -0.1) is 0 Å². The molecule has 0 saturated carbocycles. The Morgan fingerprint density at radius 3 is 2.77 bits per heavy atom. The molecule has 0 bridgehead atoms. The molecular weight excluding hydrogens is 305 g/mol. The first kappa shape index (κ1) is 16.6. The molecular formula is C17H19ClFNO2. The monoisotopic (exact) mass is 323 g/mol. The van der Waals surface area contributed by atoms with Crippen LogP contribution >= 0.6 is 11.6 Å². The second-order valence-corrected chi connectivity index (χ2v) is 5.32. The summed E-state index contributed by atoms with van der Waals surface area (Å²) in [7, 11) is 0. The highest BCUT2D eigenvalue weighted by atomic mass is 35.5. The normalized spacial score (nSPS) is 10.5. The molecule has 0 fully saturated rings. The maximum absolute atomic E-state index is 13.6. The molecule has 0 amide bonds. The minimum absolute atomic E-state index is 0.153. The van der Waals surface area contributed by atoms with Crippen LogP contribution in [-0.2, 0) is 6.61 Å². The van der Waals surface area contributed by atoms with Crippen molar-refractivity contribution in [2.24, 2.45) is 0 Å². The fraction of sp³-hybridized carbons (Fsp3) is 0.353. The number of unbranched alkanes of at least 4 members (excludes halogenated alkanes) is 2. The van der Waals surface area contributed by atoms with Gasteiger partial charge in [0, 0.05) is 11.1 Å². The molecule has 1 aromatic heterocycles. The summed E-state index contributed by atoms with van der Waals surface area (Å²) in [6.07, 6.45) is 3.30. The Kier molecular flexibility index (Phi) is 6.46. The highest BCUT2D eigenvalue weighted by Gasteiger charge is 2.05. The zero-order valence-corrected chi connectivity index (χ0v) is 13.3. The van der Waals surface area contributed by atoms with Crippen molar-refractivity contribution in [1.29, 1.82) is 0 Å². The number of hydrogen-bond donors (Lipinski definition) is 0. The van der Waals surface area contributed by atoms with E-state index in [0.29, 0.717) is 23.2 Å². The van der Waals surface area contributed by atoms with Gasteiger partial charge in [-0.25, -0.2) is 9.37 Å². The highest BCUT2D eigenvalue weighted by molar-refractivity contribution is 6.30. The van der Waals surface area contributed by atoms with E-state index >= 15 is 0 Å². The second-order valence-electron chi connectivity index (χ2n) is 4.89. The van der Waals surface area contributed by atoms with Gasteiger partial charge in [0.1, 0.15) is 6.61 Å². The average molecular weight is 324 g/mol. The fourth-order valence-corrected chi connectivity index (χ4v) is 2.05. The number of pyridine rings is 1. The summed E-state index contributed by atoms with van der Waals surface area (Å²) in [6.45, 7) is 2.97. The number of nitrogens with zero attached hydrogens (tertiary/aromatic N) is 1. The molecule has 3 nitrogen and oxygen atoms in total. The zero-order valence-electron chi connectivity index (χ0n) is 12.5. The fourth-order valence-electron chi connectivity index (χ4n) is 1.89. The van der Waals surface area contributed by atoms with Crippen molar-refractivity contribution in [1.82, 2.24) is 4.98 Å². The standard InChI is InChI=1S/C17H19ClFNO2/c1-2-3-4-10-21-17-7-5-6-14(20-17)12-22-16-9-8-13(18)11-15(16)19/h5-9,11H,2-4,10,12H2,1H3. The van der Waals surface area contributed by atoms with E-state index in [0.717, 1.165) is 19.3 Å². The summed E-state index contributed by atoms with van der Waals surface area (Å²) < 4.78 is 24.6. The van der Waals surface area contributed by atoms with Gasteiger partial charge in [-0.2, -0.15) is 0 Å². The van der Waals surface area contributed by atoms with E-state index < -0.39 is 5.82 Å². The summed E-state index contributed by atoms with van der Waals surface area (Å²) in [4.78, 5) is 4.34. The molecule has 5 heteroatoms. The molecule has 118 valence electrons. The van der Waals surface area contributed by atoms with E-state index in [4.69, 9.17) is 21.1 Å². The van der Waals surface area contributed by atoms with Crippen LogP contribution in [0.15, 0.2) is 36.4 Å². The van der Waals surface area contributed by atoms with Gasteiger partial charge in [-0.1, -0.05) is 37.4 Å². The lowest BCUT2D eigenvalue weighted by Crippen LogP contribution is -2.03. The first-order valence-electron chi connectivity index (χ1n) is 7.35. The van der Waals surface area contributed by atoms with E-state index in [9.17, 15) is 4.39 Å². The number of benzene rings is 1. The van der Waals surface area contributed by atoms with Crippen LogP contribution in [0.5, 0.6) is 11.6 Å². The maximum atomic E-state index is 13.6. The van der Waals surface area contributed by atoms with Crippen molar-refractivity contribution in [3.63, 3.8) is 0 Å². The Balaban J connectivity index is 1.89. The highest BCUT2D eigenvalue weighted by Crippen LogP contribution is 2.22. The number of hydrogen-bond acceptors (Lipinski definition) is 3. The van der Waals surface area contributed by atoms with Crippen LogP contribution < -0.4 is 9.47 Å². The second kappa shape index (κ2) is 8.59. The van der Waals surface area contributed by atoms with Crippen molar-refractivity contribution in [3.05, 3.63) is 52.9 Å². The van der Waals surface area contributed by atoms with Crippen LogP contribution in [0.1, 0.15) is 31.9 Å². The van der Waals surface area contributed by atoms with E-state index in [1.165, 1.54) is 12.1 Å². The third-order valence-corrected chi connectivity index (χ3v) is 3.28. The molecule has 0 saturated heterocycles. The molecule has 0 spiro atoms. The van der Waals surface area contributed by atoms with E-state index in [1.807, 2.05) is 12.1 Å². The van der Waals surface area contributed by atoms with Crippen molar-refractivity contribution in [3.8, 4) is 11.6 Å². The predicted molar refractivity (Wildman–Crippen MR) is 85.0 cm³/mol. The molecule has 1 heterocycles. The van der Waals surface area contributed by atoms with Gasteiger partial charge in [0.2, 0.25) is 5.88 Å². The van der Waals surface area contributed by atoms with Crippen LogP contribution in [0.2, 0.25) is 5.02 Å². The molecule has 0 aliphatic rings. The van der Waals surface area contributed by atoms with E-state index in [-0.39, 0.29) is 12.4 Å². The molecule has 1 aromatic carbocycles. The summed E-state index contributed by atoms with van der Waals surface area (Å²) >= 11 is 5.70. The maximum Gasteiger partial charge on any atom is 0.213 e. The van der Waals surface area contributed by atoms with E-state index in [1.54, 1.807) is 12.1 Å². The lowest BCUT2D eigenvalue weighted by molar-refractivity contribution is 0.274. The Bertz CT molecular complexity index is 607. The molecule has 22 heavy (non-hydrogen) atoms. The Morgan fingerprint density at radius 1 is 1.14 bits per heavy atom. The molecule has 0 aliphatic heterocycles. The SMILES string of the molecule is CCCCCOc1cccc(COc2ccc(Cl)cc2F)n1. The van der Waals surface area contributed by atoms with Crippen LogP contribution in [-0.4, -0.2) is 11.6 Å². The molecule has 2 rings (SSSR count). The quantitative estimate of drug-likeness (QED) is 0.639. The van der Waals surface area contributed by atoms with Crippen molar-refractivity contribution >= 4 is 11.6 Å².